The zero-order valence-corrected chi connectivity index (χ0v) is 19.8. The van der Waals surface area contributed by atoms with Crippen molar-refractivity contribution in [2.75, 3.05) is 38.3 Å². The molecule has 2 aromatic rings. The molecule has 1 N–H and O–H groups in total. The Bertz CT molecular complexity index is 940. The molecule has 0 radical (unpaired) electrons. The van der Waals surface area contributed by atoms with Gasteiger partial charge in [0.1, 0.15) is 12.4 Å². The van der Waals surface area contributed by atoms with Crippen LogP contribution in [0.4, 0.5) is 10.2 Å². The molecule has 0 bridgehead atoms. The zero-order chi connectivity index (χ0) is 23.6. The van der Waals surface area contributed by atoms with Gasteiger partial charge in [0.05, 0.1) is 25.9 Å². The number of anilines is 1. The second-order valence-electron chi connectivity index (χ2n) is 6.45. The van der Waals surface area contributed by atoms with Crippen LogP contribution in [0.5, 0.6) is 5.75 Å². The lowest BCUT2D eigenvalue weighted by Crippen LogP contribution is -2.24. The predicted octanol–water partition coefficient (Wildman–Crippen LogP) is 4.55. The first-order chi connectivity index (χ1) is 15.2. The van der Waals surface area contributed by atoms with Gasteiger partial charge in [0.25, 0.3) is 0 Å². The normalized spacial score (nSPS) is 13.5. The van der Waals surface area contributed by atoms with Gasteiger partial charge in [0.15, 0.2) is 11.6 Å². The number of phosphoric acid groups is 1. The van der Waals surface area contributed by atoms with Crippen LogP contribution >= 0.6 is 15.4 Å². The van der Waals surface area contributed by atoms with Gasteiger partial charge in [-0.15, -0.1) is 9.35 Å². The van der Waals surface area contributed by atoms with E-state index < -0.39 is 27.4 Å². The van der Waals surface area contributed by atoms with Crippen LogP contribution in [0.25, 0.3) is 0 Å². The smallest absolute Gasteiger partial charge is 0.489 e. The lowest BCUT2D eigenvalue weighted by molar-refractivity contribution is -0.139. The molecule has 178 valence electrons. The molecule has 10 nitrogen and oxygen atoms in total. The summed E-state index contributed by atoms with van der Waals surface area (Å²) < 4.78 is 62.7. The lowest BCUT2D eigenvalue weighted by Gasteiger charge is -2.18. The number of benzene rings is 1. The molecule has 0 amide bonds. The van der Waals surface area contributed by atoms with Crippen molar-refractivity contribution in [2.45, 2.75) is 20.0 Å². The van der Waals surface area contributed by atoms with Gasteiger partial charge in [-0.05, 0) is 43.7 Å². The van der Waals surface area contributed by atoms with Crippen molar-refractivity contribution >= 4 is 21.2 Å². The molecule has 0 fully saturated rings. The molecule has 13 heteroatoms. The van der Waals surface area contributed by atoms with Crippen molar-refractivity contribution in [3.63, 3.8) is 0 Å². The van der Waals surface area contributed by atoms with E-state index >= 15 is 0 Å². The van der Waals surface area contributed by atoms with Gasteiger partial charge in [-0.2, -0.15) is 0 Å². The molecule has 0 saturated carbocycles. The number of hydrogen-bond acceptors (Lipinski definition) is 9. The minimum absolute atomic E-state index is 0.00898. The highest BCUT2D eigenvalue weighted by molar-refractivity contribution is 7.53. The molecule has 1 atom stereocenters. The summed E-state index contributed by atoms with van der Waals surface area (Å²) >= 11 is 0. The summed E-state index contributed by atoms with van der Waals surface area (Å²) in [6.45, 7) is 3.69. The van der Waals surface area contributed by atoms with Gasteiger partial charge >= 0.3 is 15.4 Å². The highest BCUT2D eigenvalue weighted by Gasteiger charge is 2.33. The average Bonchev–Trinajstić information content (AvgIpc) is 2.75. The van der Waals surface area contributed by atoms with Crippen molar-refractivity contribution in [2.24, 2.45) is 0 Å². The standard InChI is InChI=1S/C19H27FN2O8P2/c1-4-27-32(25,28-5-2)30-29-31(23,24)15-16-9-10-18(17(20)14-16)26-13-12-22(3)19-8-6-7-11-21-19/h6-11,14H,4-5,12-13,15H2,1-3H3,(H,23,24). The van der Waals surface area contributed by atoms with Gasteiger partial charge in [-0.25, -0.2) is 13.9 Å². The molecule has 1 unspecified atom stereocenters. The summed E-state index contributed by atoms with van der Waals surface area (Å²) in [7, 11) is -6.74. The second kappa shape index (κ2) is 12.4. The van der Waals surface area contributed by atoms with Crippen LogP contribution < -0.4 is 9.64 Å². The fourth-order valence-corrected chi connectivity index (χ4v) is 4.74. The van der Waals surface area contributed by atoms with Gasteiger partial charge < -0.3 is 14.5 Å². The largest absolute Gasteiger partial charge is 0.502 e. The SMILES string of the molecule is CCOP(=O)(OCC)OOP(=O)(O)Cc1ccc(OCCN(C)c2ccccn2)c(F)c1. The number of phosphoric ester groups is 1. The summed E-state index contributed by atoms with van der Waals surface area (Å²) in [6, 6.07) is 9.32. The van der Waals surface area contributed by atoms with Crippen LogP contribution in [0.3, 0.4) is 0 Å². The van der Waals surface area contributed by atoms with Crippen molar-refractivity contribution < 1.29 is 41.5 Å². The molecule has 0 aliphatic rings. The van der Waals surface area contributed by atoms with Crippen molar-refractivity contribution in [3.05, 3.63) is 54.0 Å². The van der Waals surface area contributed by atoms with E-state index in [4.69, 9.17) is 13.8 Å². The maximum Gasteiger partial charge on any atom is 0.502 e. The maximum atomic E-state index is 14.4. The molecule has 0 aliphatic heterocycles. The van der Waals surface area contributed by atoms with E-state index in [1.165, 1.54) is 26.0 Å². The second-order valence-corrected chi connectivity index (χ2v) is 9.75. The van der Waals surface area contributed by atoms with E-state index in [2.05, 4.69) is 14.3 Å². The molecule has 32 heavy (non-hydrogen) atoms. The summed E-state index contributed by atoms with van der Waals surface area (Å²) in [5.41, 5.74) is 0.150. The Balaban J connectivity index is 1.90. The number of halogens is 1. The Morgan fingerprint density at radius 1 is 1.09 bits per heavy atom. The average molecular weight is 492 g/mol. The van der Waals surface area contributed by atoms with E-state index in [-0.39, 0.29) is 31.1 Å². The molecule has 0 spiro atoms. The van der Waals surface area contributed by atoms with Gasteiger partial charge in [0.2, 0.25) is 0 Å². The van der Waals surface area contributed by atoms with Crippen molar-refractivity contribution in [1.29, 1.82) is 0 Å². The number of aromatic nitrogens is 1. The highest BCUT2D eigenvalue weighted by Crippen LogP contribution is 2.56. The van der Waals surface area contributed by atoms with Crippen LogP contribution in [-0.2, 0) is 33.7 Å². The molecular formula is C19H27FN2O8P2. The quantitative estimate of drug-likeness (QED) is 0.229. The van der Waals surface area contributed by atoms with E-state index in [0.717, 1.165) is 11.9 Å². The highest BCUT2D eigenvalue weighted by atomic mass is 31.2. The first kappa shape index (κ1) is 26.4. The number of ether oxygens (including phenoxy) is 1. The van der Waals surface area contributed by atoms with E-state index in [0.29, 0.717) is 6.54 Å². The summed E-state index contributed by atoms with van der Waals surface area (Å²) in [5, 5.41) is 0. The van der Waals surface area contributed by atoms with Gasteiger partial charge in [0, 0.05) is 13.2 Å². The summed E-state index contributed by atoms with van der Waals surface area (Å²) in [5.74, 6) is 0.0366. The number of nitrogens with zero attached hydrogens (tertiary/aromatic N) is 2. The Kier molecular flexibility index (Phi) is 10.2. The maximum absolute atomic E-state index is 14.4. The number of pyridine rings is 1. The molecule has 1 aromatic heterocycles. The third-order valence-corrected chi connectivity index (χ3v) is 6.51. The number of hydrogen-bond donors (Lipinski definition) is 1. The van der Waals surface area contributed by atoms with Gasteiger partial charge in [-0.3, -0.25) is 13.6 Å². The van der Waals surface area contributed by atoms with Crippen molar-refractivity contribution in [3.8, 4) is 5.75 Å². The molecule has 0 saturated heterocycles. The predicted molar refractivity (Wildman–Crippen MR) is 116 cm³/mol. The van der Waals surface area contributed by atoms with Gasteiger partial charge in [-0.1, -0.05) is 12.1 Å². The third-order valence-electron chi connectivity index (χ3n) is 3.92. The zero-order valence-electron chi connectivity index (χ0n) is 18.0. The van der Waals surface area contributed by atoms with Crippen LogP contribution in [0.2, 0.25) is 0 Å². The lowest BCUT2D eigenvalue weighted by atomic mass is 10.2. The molecule has 1 aromatic carbocycles. The Labute approximate surface area is 186 Å². The fourth-order valence-electron chi connectivity index (χ4n) is 2.49. The molecular weight excluding hydrogens is 465 g/mol. The summed E-state index contributed by atoms with van der Waals surface area (Å²) in [6.07, 6.45) is 1.08. The third kappa shape index (κ3) is 8.60. The van der Waals surface area contributed by atoms with Crippen LogP contribution in [0, 0.1) is 5.82 Å². The topological polar surface area (TPSA) is 117 Å². The van der Waals surface area contributed by atoms with Crippen molar-refractivity contribution in [1.82, 2.24) is 4.98 Å². The Morgan fingerprint density at radius 3 is 2.41 bits per heavy atom. The van der Waals surface area contributed by atoms with E-state index in [1.807, 2.05) is 30.1 Å². The summed E-state index contributed by atoms with van der Waals surface area (Å²) in [4.78, 5) is 16.0. The minimum atomic E-state index is -4.44. The van der Waals surface area contributed by atoms with Crippen LogP contribution in [0.1, 0.15) is 19.4 Å². The first-order valence-corrected chi connectivity index (χ1v) is 13.0. The van der Waals surface area contributed by atoms with Crippen LogP contribution in [-0.4, -0.2) is 43.3 Å². The molecule has 2 rings (SSSR count). The number of likely N-dealkylation sites (N-methyl/N-ethyl adjacent to an activating group) is 1. The first-order valence-electron chi connectivity index (χ1n) is 9.80. The monoisotopic (exact) mass is 492 g/mol. The molecule has 1 heterocycles. The molecule has 0 aliphatic carbocycles. The van der Waals surface area contributed by atoms with E-state index in [1.54, 1.807) is 6.20 Å². The Hall–Kier alpha value is -1.84. The number of rotatable bonds is 14. The minimum Gasteiger partial charge on any atom is -0.489 e. The fraction of sp³-hybridized carbons (Fsp3) is 0.421. The van der Waals surface area contributed by atoms with E-state index in [9.17, 15) is 18.4 Å². The Morgan fingerprint density at radius 2 is 1.81 bits per heavy atom. The van der Waals surface area contributed by atoms with Crippen LogP contribution in [0.15, 0.2) is 42.6 Å².